The fourth-order valence-corrected chi connectivity index (χ4v) is 4.00. The number of anilines is 1. The number of nitrogens with two attached hydrogens (primary N) is 1. The van der Waals surface area contributed by atoms with Gasteiger partial charge in [0.2, 0.25) is 0 Å². The van der Waals surface area contributed by atoms with Crippen molar-refractivity contribution >= 4 is 22.4 Å². The van der Waals surface area contributed by atoms with Crippen LogP contribution in [0.25, 0.3) is 22.2 Å². The van der Waals surface area contributed by atoms with E-state index in [-0.39, 0.29) is 18.3 Å². The minimum atomic E-state index is 0.00598. The van der Waals surface area contributed by atoms with Gasteiger partial charge in [-0.15, -0.1) is 0 Å². The molecule has 1 aliphatic heterocycles. The Balaban J connectivity index is 1.30. The molecule has 166 valence electrons. The van der Waals surface area contributed by atoms with Gasteiger partial charge in [0.15, 0.2) is 5.78 Å². The number of aromatic nitrogens is 3. The lowest BCUT2D eigenvalue weighted by molar-refractivity contribution is 0.0992. The molecule has 0 spiro atoms. The Labute approximate surface area is 192 Å². The minimum absolute atomic E-state index is 0.00598. The van der Waals surface area contributed by atoms with E-state index >= 15 is 0 Å². The summed E-state index contributed by atoms with van der Waals surface area (Å²) in [5.74, 6) is 0.807. The number of nitrogens with zero attached hydrogens (tertiary/aromatic N) is 3. The standard InChI is InChI=1S/C26H25N5O2/c27-20-11-19(14-29-16-20)24-6-3-18-15-30-21(12-25(18)31-24)13-26(32)17-1-4-22(5-2-17)33-23-7-9-28-10-8-23/h1-6,11-12,14-16,23,28H,7-10,13,27H2. The van der Waals surface area contributed by atoms with Gasteiger partial charge in [-0.05, 0) is 74.5 Å². The first-order chi connectivity index (χ1) is 16.1. The zero-order valence-corrected chi connectivity index (χ0v) is 18.2. The van der Waals surface area contributed by atoms with Crippen LogP contribution >= 0.6 is 0 Å². The fourth-order valence-electron chi connectivity index (χ4n) is 4.00. The molecule has 1 aromatic carbocycles. The van der Waals surface area contributed by atoms with E-state index in [1.807, 2.05) is 48.5 Å². The molecule has 0 atom stereocenters. The van der Waals surface area contributed by atoms with Gasteiger partial charge in [-0.3, -0.25) is 14.8 Å². The fraction of sp³-hybridized carbons (Fsp3) is 0.231. The van der Waals surface area contributed by atoms with E-state index in [0.29, 0.717) is 16.9 Å². The molecule has 7 nitrogen and oxygen atoms in total. The molecule has 0 radical (unpaired) electrons. The maximum absolute atomic E-state index is 12.8. The Morgan fingerprint density at radius 2 is 1.85 bits per heavy atom. The van der Waals surface area contributed by atoms with Crippen molar-refractivity contribution < 1.29 is 9.53 Å². The lowest BCUT2D eigenvalue weighted by Gasteiger charge is -2.23. The number of carbonyl (C=O) groups is 1. The highest BCUT2D eigenvalue weighted by atomic mass is 16.5. The van der Waals surface area contributed by atoms with Crippen molar-refractivity contribution in [2.75, 3.05) is 18.8 Å². The van der Waals surface area contributed by atoms with Crippen LogP contribution in [0.1, 0.15) is 28.9 Å². The Hall–Kier alpha value is -3.84. The van der Waals surface area contributed by atoms with Gasteiger partial charge in [0.05, 0.1) is 29.0 Å². The van der Waals surface area contributed by atoms with E-state index in [9.17, 15) is 4.79 Å². The maximum atomic E-state index is 12.8. The zero-order chi connectivity index (χ0) is 22.6. The van der Waals surface area contributed by atoms with Gasteiger partial charge in [-0.25, -0.2) is 4.98 Å². The highest BCUT2D eigenvalue weighted by Crippen LogP contribution is 2.23. The second-order valence-electron chi connectivity index (χ2n) is 8.26. The van der Waals surface area contributed by atoms with E-state index in [2.05, 4.69) is 15.3 Å². The summed E-state index contributed by atoms with van der Waals surface area (Å²) in [4.78, 5) is 26.2. The monoisotopic (exact) mass is 439 g/mol. The third-order valence-corrected chi connectivity index (χ3v) is 5.79. The topological polar surface area (TPSA) is 103 Å². The smallest absolute Gasteiger partial charge is 0.168 e. The number of ketones is 1. The van der Waals surface area contributed by atoms with E-state index in [1.165, 1.54) is 0 Å². The first-order valence-electron chi connectivity index (χ1n) is 11.1. The average molecular weight is 440 g/mol. The summed E-state index contributed by atoms with van der Waals surface area (Å²) in [5, 5.41) is 4.24. The summed E-state index contributed by atoms with van der Waals surface area (Å²) in [5.41, 5.74) is 10.2. The van der Waals surface area contributed by atoms with Gasteiger partial charge >= 0.3 is 0 Å². The molecule has 1 fully saturated rings. The number of ether oxygens (including phenoxy) is 1. The number of rotatable bonds is 6. The van der Waals surface area contributed by atoms with E-state index in [1.54, 1.807) is 18.6 Å². The molecule has 0 bridgehead atoms. The van der Waals surface area contributed by atoms with Crippen molar-refractivity contribution in [2.24, 2.45) is 0 Å². The quantitative estimate of drug-likeness (QED) is 0.440. The number of hydrogen-bond donors (Lipinski definition) is 2. The number of piperidine rings is 1. The molecular formula is C26H25N5O2. The van der Waals surface area contributed by atoms with Crippen molar-refractivity contribution in [3.8, 4) is 17.0 Å². The Kier molecular flexibility index (Phi) is 5.95. The van der Waals surface area contributed by atoms with Gasteiger partial charge in [0.25, 0.3) is 0 Å². The lowest BCUT2D eigenvalue weighted by Crippen LogP contribution is -2.34. The van der Waals surface area contributed by atoms with Crippen molar-refractivity contribution in [2.45, 2.75) is 25.4 Å². The minimum Gasteiger partial charge on any atom is -0.490 e. The molecule has 5 rings (SSSR count). The van der Waals surface area contributed by atoms with Crippen molar-refractivity contribution in [3.63, 3.8) is 0 Å². The van der Waals surface area contributed by atoms with Crippen LogP contribution in [-0.4, -0.2) is 39.9 Å². The van der Waals surface area contributed by atoms with Crippen LogP contribution in [0.5, 0.6) is 5.75 Å². The largest absolute Gasteiger partial charge is 0.490 e. The van der Waals surface area contributed by atoms with Crippen molar-refractivity contribution in [1.29, 1.82) is 0 Å². The predicted octanol–water partition coefficient (Wildman–Crippen LogP) is 3.83. The molecule has 3 N–H and O–H groups in total. The van der Waals surface area contributed by atoms with Gasteiger partial charge in [-0.1, -0.05) is 0 Å². The van der Waals surface area contributed by atoms with E-state index in [4.69, 9.17) is 15.5 Å². The normalized spacial score (nSPS) is 14.3. The number of benzene rings is 1. The summed E-state index contributed by atoms with van der Waals surface area (Å²) >= 11 is 0. The maximum Gasteiger partial charge on any atom is 0.168 e. The first kappa shape index (κ1) is 21.0. The molecule has 0 unspecified atom stereocenters. The molecular weight excluding hydrogens is 414 g/mol. The summed E-state index contributed by atoms with van der Waals surface area (Å²) in [7, 11) is 0. The molecule has 1 saturated heterocycles. The number of fused-ring (bicyclic) bond motifs is 1. The summed E-state index contributed by atoms with van der Waals surface area (Å²) in [6, 6.07) is 15.0. The second-order valence-corrected chi connectivity index (χ2v) is 8.26. The number of pyridine rings is 3. The highest BCUT2D eigenvalue weighted by Gasteiger charge is 2.15. The number of nitrogens with one attached hydrogen (secondary N) is 1. The first-order valence-corrected chi connectivity index (χ1v) is 11.1. The molecule has 7 heteroatoms. The predicted molar refractivity (Wildman–Crippen MR) is 128 cm³/mol. The SMILES string of the molecule is Nc1cncc(-c2ccc3cnc(CC(=O)c4ccc(OC5CCNCC5)cc4)cc3n2)c1. The number of hydrogen-bond acceptors (Lipinski definition) is 7. The van der Waals surface area contributed by atoms with Crippen LogP contribution in [0.3, 0.4) is 0 Å². The molecule has 4 heterocycles. The van der Waals surface area contributed by atoms with Gasteiger partial charge < -0.3 is 15.8 Å². The Bertz CT molecular complexity index is 1280. The molecule has 0 saturated carbocycles. The van der Waals surface area contributed by atoms with Crippen LogP contribution in [-0.2, 0) is 6.42 Å². The van der Waals surface area contributed by atoms with Crippen LogP contribution in [0.4, 0.5) is 5.69 Å². The van der Waals surface area contributed by atoms with Gasteiger partial charge in [0, 0.05) is 35.1 Å². The second kappa shape index (κ2) is 9.34. The van der Waals surface area contributed by atoms with Crippen molar-refractivity contribution in [1.82, 2.24) is 20.3 Å². The third kappa shape index (κ3) is 4.99. The number of nitrogen functional groups attached to an aromatic ring is 1. The van der Waals surface area contributed by atoms with Crippen LogP contribution < -0.4 is 15.8 Å². The number of Topliss-reactive ketones (excluding diaryl/α,β-unsaturated/α-hetero) is 1. The Morgan fingerprint density at radius 3 is 2.64 bits per heavy atom. The van der Waals surface area contributed by atoms with E-state index < -0.39 is 0 Å². The third-order valence-electron chi connectivity index (χ3n) is 5.79. The highest BCUT2D eigenvalue weighted by molar-refractivity contribution is 5.97. The molecule has 33 heavy (non-hydrogen) atoms. The Morgan fingerprint density at radius 1 is 1.03 bits per heavy atom. The molecule has 0 aliphatic carbocycles. The molecule has 3 aromatic heterocycles. The zero-order valence-electron chi connectivity index (χ0n) is 18.2. The summed E-state index contributed by atoms with van der Waals surface area (Å²) in [6.45, 7) is 1.96. The van der Waals surface area contributed by atoms with E-state index in [0.717, 1.165) is 53.8 Å². The van der Waals surface area contributed by atoms with Crippen LogP contribution in [0, 0.1) is 0 Å². The average Bonchev–Trinajstić information content (AvgIpc) is 2.85. The van der Waals surface area contributed by atoms with Crippen LogP contribution in [0.2, 0.25) is 0 Å². The molecule has 1 aliphatic rings. The molecule has 4 aromatic rings. The molecule has 0 amide bonds. The van der Waals surface area contributed by atoms with Gasteiger partial charge in [0.1, 0.15) is 11.9 Å². The lowest BCUT2D eigenvalue weighted by atomic mass is 10.0. The summed E-state index contributed by atoms with van der Waals surface area (Å²) < 4.78 is 6.03. The van der Waals surface area contributed by atoms with Crippen molar-refractivity contribution in [3.05, 3.63) is 78.4 Å². The summed E-state index contributed by atoms with van der Waals surface area (Å²) in [6.07, 6.45) is 7.52. The van der Waals surface area contributed by atoms with Gasteiger partial charge in [-0.2, -0.15) is 0 Å². The number of carbonyl (C=O) groups excluding carboxylic acids is 1. The van der Waals surface area contributed by atoms with Crippen LogP contribution in [0.15, 0.2) is 67.1 Å².